The lowest BCUT2D eigenvalue weighted by Crippen LogP contribution is -2.54. The molecule has 1 unspecified atom stereocenters. The third kappa shape index (κ3) is 2.87. The first-order chi connectivity index (χ1) is 5.77. The molecule has 0 aliphatic rings. The molecule has 0 aliphatic carbocycles. The smallest absolute Gasteiger partial charge is 0.406 e. The largest absolute Gasteiger partial charge is 0.469 e. The molecule has 13 heavy (non-hydrogen) atoms. The zero-order valence-electron chi connectivity index (χ0n) is 7.44. The van der Waals surface area contributed by atoms with Gasteiger partial charge in [0.2, 0.25) is 0 Å². The van der Waals surface area contributed by atoms with Crippen molar-refractivity contribution < 1.29 is 22.7 Å². The third-order valence-corrected chi connectivity index (χ3v) is 1.88. The fourth-order valence-electron chi connectivity index (χ4n) is 0.755. The molecule has 0 spiro atoms. The van der Waals surface area contributed by atoms with Crippen molar-refractivity contribution in [3.05, 3.63) is 0 Å². The van der Waals surface area contributed by atoms with Gasteiger partial charge in [-0.3, -0.25) is 4.79 Å². The SMILES string of the molecule is CCC(N)(CC(=O)OC)C(F)(F)F. The van der Waals surface area contributed by atoms with E-state index >= 15 is 0 Å². The van der Waals surface area contributed by atoms with Crippen LogP contribution in [0.3, 0.4) is 0 Å². The number of methoxy groups -OCH3 is 1. The normalized spacial score (nSPS) is 16.5. The minimum atomic E-state index is -4.59. The summed E-state index contributed by atoms with van der Waals surface area (Å²) in [7, 11) is 1.02. The molecule has 2 N–H and O–H groups in total. The first-order valence-corrected chi connectivity index (χ1v) is 3.69. The lowest BCUT2D eigenvalue weighted by atomic mass is 9.93. The lowest BCUT2D eigenvalue weighted by molar-refractivity contribution is -0.194. The Kier molecular flexibility index (Phi) is 3.71. The zero-order chi connectivity index (χ0) is 10.7. The summed E-state index contributed by atoms with van der Waals surface area (Å²) in [4.78, 5) is 10.6. The second-order valence-corrected chi connectivity index (χ2v) is 2.76. The molecule has 0 radical (unpaired) electrons. The number of ether oxygens (including phenoxy) is 1. The maximum Gasteiger partial charge on any atom is 0.406 e. The number of alkyl halides is 3. The van der Waals surface area contributed by atoms with E-state index in [9.17, 15) is 18.0 Å². The first-order valence-electron chi connectivity index (χ1n) is 3.69. The second-order valence-electron chi connectivity index (χ2n) is 2.76. The van der Waals surface area contributed by atoms with Crippen molar-refractivity contribution in [1.82, 2.24) is 0 Å². The molecule has 0 saturated carbocycles. The molecule has 0 heterocycles. The number of esters is 1. The molecule has 3 nitrogen and oxygen atoms in total. The fourth-order valence-corrected chi connectivity index (χ4v) is 0.755. The Morgan fingerprint density at radius 2 is 1.92 bits per heavy atom. The third-order valence-electron chi connectivity index (χ3n) is 1.88. The average Bonchev–Trinajstić information content (AvgIpc) is 2.02. The highest BCUT2D eigenvalue weighted by Crippen LogP contribution is 2.33. The molecule has 0 aromatic carbocycles. The highest BCUT2D eigenvalue weighted by Gasteiger charge is 2.51. The Morgan fingerprint density at radius 1 is 1.46 bits per heavy atom. The number of hydrogen-bond acceptors (Lipinski definition) is 3. The van der Waals surface area contributed by atoms with E-state index in [-0.39, 0.29) is 6.42 Å². The first kappa shape index (κ1) is 12.2. The van der Waals surface area contributed by atoms with Crippen LogP contribution in [0.5, 0.6) is 0 Å². The van der Waals surface area contributed by atoms with Crippen molar-refractivity contribution in [3.8, 4) is 0 Å². The van der Waals surface area contributed by atoms with Crippen LogP contribution in [0.25, 0.3) is 0 Å². The van der Waals surface area contributed by atoms with E-state index in [0.717, 1.165) is 7.11 Å². The number of hydrogen-bond donors (Lipinski definition) is 1. The zero-order valence-corrected chi connectivity index (χ0v) is 7.44. The summed E-state index contributed by atoms with van der Waals surface area (Å²) in [5.74, 6) is -0.957. The van der Waals surface area contributed by atoms with Gasteiger partial charge in [-0.15, -0.1) is 0 Å². The van der Waals surface area contributed by atoms with Crippen molar-refractivity contribution in [3.63, 3.8) is 0 Å². The molecule has 0 aromatic heterocycles. The molecule has 0 aliphatic heterocycles. The van der Waals surface area contributed by atoms with E-state index in [0.29, 0.717) is 0 Å². The summed E-state index contributed by atoms with van der Waals surface area (Å²) in [6.07, 6.45) is -5.79. The van der Waals surface area contributed by atoms with Crippen LogP contribution in [-0.4, -0.2) is 24.8 Å². The van der Waals surface area contributed by atoms with Gasteiger partial charge in [-0.05, 0) is 6.42 Å². The minimum absolute atomic E-state index is 0.356. The minimum Gasteiger partial charge on any atom is -0.469 e. The fraction of sp³-hybridized carbons (Fsp3) is 0.857. The summed E-state index contributed by atoms with van der Waals surface area (Å²) in [5, 5.41) is 0. The average molecular weight is 199 g/mol. The molecule has 0 bridgehead atoms. The molecule has 0 amide bonds. The molecule has 0 fully saturated rings. The topological polar surface area (TPSA) is 52.3 Å². The Morgan fingerprint density at radius 3 is 2.15 bits per heavy atom. The number of halogens is 3. The second kappa shape index (κ2) is 3.95. The van der Waals surface area contributed by atoms with E-state index in [2.05, 4.69) is 4.74 Å². The Bertz CT molecular complexity index is 193. The molecular formula is C7H12F3NO2. The van der Waals surface area contributed by atoms with Gasteiger partial charge < -0.3 is 10.5 Å². The number of rotatable bonds is 3. The van der Waals surface area contributed by atoms with Crippen molar-refractivity contribution >= 4 is 5.97 Å². The summed E-state index contributed by atoms with van der Waals surface area (Å²) < 4.78 is 40.9. The molecule has 0 saturated heterocycles. The Balaban J connectivity index is 4.56. The summed E-state index contributed by atoms with van der Waals surface area (Å²) in [6.45, 7) is 1.27. The van der Waals surface area contributed by atoms with Crippen LogP contribution in [0.15, 0.2) is 0 Å². The molecular weight excluding hydrogens is 187 g/mol. The molecule has 0 aromatic rings. The van der Waals surface area contributed by atoms with Crippen LogP contribution in [0.1, 0.15) is 19.8 Å². The van der Waals surface area contributed by atoms with E-state index in [1.54, 1.807) is 0 Å². The van der Waals surface area contributed by atoms with E-state index in [1.807, 2.05) is 0 Å². The Hall–Kier alpha value is -0.780. The summed E-state index contributed by atoms with van der Waals surface area (Å²) in [5.41, 5.74) is 2.55. The van der Waals surface area contributed by atoms with Gasteiger partial charge in [-0.1, -0.05) is 6.92 Å². The van der Waals surface area contributed by atoms with E-state index in [4.69, 9.17) is 5.73 Å². The van der Waals surface area contributed by atoms with Gasteiger partial charge in [0.05, 0.1) is 13.5 Å². The Labute approximate surface area is 74.0 Å². The van der Waals surface area contributed by atoms with Crippen LogP contribution in [0, 0.1) is 0 Å². The lowest BCUT2D eigenvalue weighted by Gasteiger charge is -2.29. The molecule has 6 heteroatoms. The highest BCUT2D eigenvalue weighted by atomic mass is 19.4. The van der Waals surface area contributed by atoms with Crippen molar-refractivity contribution in [2.24, 2.45) is 5.73 Å². The van der Waals surface area contributed by atoms with Gasteiger partial charge in [0, 0.05) is 0 Å². The van der Waals surface area contributed by atoms with Crippen molar-refractivity contribution in [2.45, 2.75) is 31.5 Å². The molecule has 78 valence electrons. The summed E-state index contributed by atoms with van der Waals surface area (Å²) in [6, 6.07) is 0. The molecule has 1 atom stereocenters. The van der Waals surface area contributed by atoms with Gasteiger partial charge in [0.15, 0.2) is 0 Å². The number of nitrogens with two attached hydrogens (primary N) is 1. The van der Waals surface area contributed by atoms with E-state index in [1.165, 1.54) is 6.92 Å². The van der Waals surface area contributed by atoms with Gasteiger partial charge >= 0.3 is 12.1 Å². The van der Waals surface area contributed by atoms with Crippen LogP contribution >= 0.6 is 0 Å². The van der Waals surface area contributed by atoms with Crippen LogP contribution in [0.2, 0.25) is 0 Å². The van der Waals surface area contributed by atoms with Crippen LogP contribution in [-0.2, 0) is 9.53 Å². The predicted molar refractivity (Wildman–Crippen MR) is 39.9 cm³/mol. The van der Waals surface area contributed by atoms with Gasteiger partial charge in [-0.2, -0.15) is 13.2 Å². The molecule has 0 rings (SSSR count). The number of carbonyl (C=O) groups excluding carboxylic acids is 1. The maximum absolute atomic E-state index is 12.3. The number of carbonyl (C=O) groups is 1. The monoisotopic (exact) mass is 199 g/mol. The standard InChI is InChI=1S/C7H12F3NO2/c1-3-6(11,7(8,9)10)4-5(12)13-2/h3-4,11H2,1-2H3. The van der Waals surface area contributed by atoms with Crippen LogP contribution in [0.4, 0.5) is 13.2 Å². The van der Waals surface area contributed by atoms with Crippen LogP contribution < -0.4 is 5.73 Å². The predicted octanol–water partition coefficient (Wildman–Crippen LogP) is 1.22. The summed E-state index contributed by atoms with van der Waals surface area (Å²) >= 11 is 0. The van der Waals surface area contributed by atoms with Gasteiger partial charge in [-0.25, -0.2) is 0 Å². The van der Waals surface area contributed by atoms with E-state index < -0.39 is 24.1 Å². The maximum atomic E-state index is 12.3. The quantitative estimate of drug-likeness (QED) is 0.695. The van der Waals surface area contributed by atoms with Gasteiger partial charge in [0.1, 0.15) is 5.54 Å². The van der Waals surface area contributed by atoms with Crippen molar-refractivity contribution in [1.29, 1.82) is 0 Å². The highest BCUT2D eigenvalue weighted by molar-refractivity contribution is 5.70. The van der Waals surface area contributed by atoms with Gasteiger partial charge in [0.25, 0.3) is 0 Å². The van der Waals surface area contributed by atoms with Crippen molar-refractivity contribution in [2.75, 3.05) is 7.11 Å².